The number of rotatable bonds is 3. The highest BCUT2D eigenvalue weighted by molar-refractivity contribution is 6.35. The molecule has 106 valence electrons. The van der Waals surface area contributed by atoms with Crippen LogP contribution in [-0.2, 0) is 0 Å². The van der Waals surface area contributed by atoms with E-state index in [0.717, 1.165) is 0 Å². The average molecular weight is 320 g/mol. The molecule has 0 amide bonds. The first kappa shape index (κ1) is 15.0. The Balaban J connectivity index is 2.34. The molecule has 20 heavy (non-hydrogen) atoms. The van der Waals surface area contributed by atoms with Crippen LogP contribution in [0.2, 0.25) is 10.0 Å². The highest BCUT2D eigenvalue weighted by Crippen LogP contribution is 2.36. The van der Waals surface area contributed by atoms with E-state index in [4.69, 9.17) is 23.2 Å². The predicted octanol–water partition coefficient (Wildman–Crippen LogP) is 5.71. The Hall–Kier alpha value is -1.39. The molecule has 0 radical (unpaired) electrons. The van der Waals surface area contributed by atoms with Crippen LogP contribution < -0.4 is 5.32 Å². The Morgan fingerprint density at radius 3 is 1.95 bits per heavy atom. The van der Waals surface area contributed by atoms with Crippen molar-refractivity contribution in [1.82, 2.24) is 0 Å². The molecule has 1 N–H and O–H groups in total. The highest BCUT2D eigenvalue weighted by atomic mass is 35.5. The van der Waals surface area contributed by atoms with Gasteiger partial charge < -0.3 is 5.32 Å². The summed E-state index contributed by atoms with van der Waals surface area (Å²) in [5.74, 6) is 0. The van der Waals surface area contributed by atoms with Crippen molar-refractivity contribution in [1.29, 1.82) is 0 Å². The predicted molar refractivity (Wildman–Crippen MR) is 75.3 cm³/mol. The molecule has 0 saturated heterocycles. The van der Waals surface area contributed by atoms with Crippen molar-refractivity contribution in [2.24, 2.45) is 0 Å². The standard InChI is InChI=1S/C14H10Cl2F3N/c15-10-6-11(16)8-12(7-10)20-13(14(17,18)19)9-4-2-1-3-5-9/h1-8,13,20H. The van der Waals surface area contributed by atoms with Crippen LogP contribution in [0.5, 0.6) is 0 Å². The molecule has 0 aliphatic rings. The minimum atomic E-state index is -4.43. The molecule has 0 aromatic heterocycles. The van der Waals surface area contributed by atoms with Gasteiger partial charge in [-0.3, -0.25) is 0 Å². The van der Waals surface area contributed by atoms with Crippen LogP contribution in [-0.4, -0.2) is 6.18 Å². The van der Waals surface area contributed by atoms with Gasteiger partial charge >= 0.3 is 6.18 Å². The quantitative estimate of drug-likeness (QED) is 0.764. The molecule has 2 aromatic carbocycles. The summed E-state index contributed by atoms with van der Waals surface area (Å²) in [6, 6.07) is 10.0. The maximum Gasteiger partial charge on any atom is 0.412 e. The number of hydrogen-bond acceptors (Lipinski definition) is 1. The first-order valence-corrected chi connectivity index (χ1v) is 6.46. The fourth-order valence-corrected chi connectivity index (χ4v) is 2.33. The number of benzene rings is 2. The van der Waals surface area contributed by atoms with Crippen molar-refractivity contribution in [2.75, 3.05) is 5.32 Å². The molecule has 0 aliphatic heterocycles. The molecule has 1 nitrogen and oxygen atoms in total. The van der Waals surface area contributed by atoms with E-state index in [1.54, 1.807) is 18.2 Å². The number of nitrogens with one attached hydrogen (secondary N) is 1. The van der Waals surface area contributed by atoms with E-state index >= 15 is 0 Å². The summed E-state index contributed by atoms with van der Waals surface area (Å²) in [6.45, 7) is 0. The molecule has 2 aromatic rings. The summed E-state index contributed by atoms with van der Waals surface area (Å²) in [7, 11) is 0. The molecule has 1 atom stereocenters. The zero-order chi connectivity index (χ0) is 14.8. The van der Waals surface area contributed by atoms with E-state index in [1.165, 1.54) is 30.3 Å². The van der Waals surface area contributed by atoms with Gasteiger partial charge in [0.25, 0.3) is 0 Å². The van der Waals surface area contributed by atoms with Crippen LogP contribution >= 0.6 is 23.2 Å². The summed E-state index contributed by atoms with van der Waals surface area (Å²) in [5, 5.41) is 2.97. The lowest BCUT2D eigenvalue weighted by atomic mass is 10.1. The molecule has 0 saturated carbocycles. The Bertz CT molecular complexity index is 564. The van der Waals surface area contributed by atoms with Crippen molar-refractivity contribution < 1.29 is 13.2 Å². The monoisotopic (exact) mass is 319 g/mol. The average Bonchev–Trinajstić information content (AvgIpc) is 2.34. The lowest BCUT2D eigenvalue weighted by molar-refractivity contribution is -0.144. The summed E-state index contributed by atoms with van der Waals surface area (Å²) in [4.78, 5) is 0. The Kier molecular flexibility index (Phi) is 4.45. The van der Waals surface area contributed by atoms with Crippen LogP contribution in [0, 0.1) is 0 Å². The molecule has 1 unspecified atom stereocenters. The van der Waals surface area contributed by atoms with Gasteiger partial charge in [0.2, 0.25) is 0 Å². The Labute approximate surface area is 124 Å². The Morgan fingerprint density at radius 1 is 0.900 bits per heavy atom. The van der Waals surface area contributed by atoms with Crippen molar-refractivity contribution in [3.05, 3.63) is 64.1 Å². The second-order valence-electron chi connectivity index (χ2n) is 4.19. The smallest absolute Gasteiger partial charge is 0.370 e. The molecule has 0 heterocycles. The summed E-state index contributed by atoms with van der Waals surface area (Å²) in [5.41, 5.74) is 0.338. The fourth-order valence-electron chi connectivity index (χ4n) is 1.80. The molecule has 6 heteroatoms. The van der Waals surface area contributed by atoms with Gasteiger partial charge in [0.05, 0.1) is 0 Å². The van der Waals surface area contributed by atoms with Gasteiger partial charge in [-0.25, -0.2) is 0 Å². The van der Waals surface area contributed by atoms with E-state index in [-0.39, 0.29) is 21.3 Å². The summed E-state index contributed by atoms with van der Waals surface area (Å²) in [6.07, 6.45) is -4.43. The van der Waals surface area contributed by atoms with Crippen LogP contribution in [0.1, 0.15) is 11.6 Å². The number of halogens is 5. The third-order valence-electron chi connectivity index (χ3n) is 2.63. The maximum atomic E-state index is 13.2. The minimum Gasteiger partial charge on any atom is -0.370 e. The largest absolute Gasteiger partial charge is 0.412 e. The topological polar surface area (TPSA) is 12.0 Å². The second-order valence-corrected chi connectivity index (χ2v) is 5.06. The molecule has 0 bridgehead atoms. The van der Waals surface area contributed by atoms with Crippen LogP contribution in [0.4, 0.5) is 18.9 Å². The maximum absolute atomic E-state index is 13.2. The van der Waals surface area contributed by atoms with E-state index in [0.29, 0.717) is 0 Å². The van der Waals surface area contributed by atoms with Crippen molar-refractivity contribution in [3.8, 4) is 0 Å². The SMILES string of the molecule is FC(F)(F)C(Nc1cc(Cl)cc(Cl)c1)c1ccccc1. The molecular weight excluding hydrogens is 310 g/mol. The second kappa shape index (κ2) is 5.94. The third kappa shape index (κ3) is 3.81. The molecule has 0 fully saturated rings. The van der Waals surface area contributed by atoms with Gasteiger partial charge in [0, 0.05) is 15.7 Å². The summed E-state index contributed by atoms with van der Waals surface area (Å²) >= 11 is 11.6. The van der Waals surface area contributed by atoms with Gasteiger partial charge in [0.1, 0.15) is 6.04 Å². The molecule has 0 spiro atoms. The van der Waals surface area contributed by atoms with E-state index in [1.807, 2.05) is 0 Å². The van der Waals surface area contributed by atoms with E-state index in [2.05, 4.69) is 5.32 Å². The number of alkyl halides is 3. The van der Waals surface area contributed by atoms with Gasteiger partial charge in [-0.1, -0.05) is 53.5 Å². The first-order valence-electron chi connectivity index (χ1n) is 5.70. The lowest BCUT2D eigenvalue weighted by Gasteiger charge is -2.23. The lowest BCUT2D eigenvalue weighted by Crippen LogP contribution is -2.27. The van der Waals surface area contributed by atoms with Crippen molar-refractivity contribution in [2.45, 2.75) is 12.2 Å². The third-order valence-corrected chi connectivity index (χ3v) is 3.07. The van der Waals surface area contributed by atoms with Crippen LogP contribution in [0.25, 0.3) is 0 Å². The molecular formula is C14H10Cl2F3N. The van der Waals surface area contributed by atoms with Crippen LogP contribution in [0.3, 0.4) is 0 Å². The van der Waals surface area contributed by atoms with Gasteiger partial charge in [-0.05, 0) is 23.8 Å². The zero-order valence-electron chi connectivity index (χ0n) is 10.1. The fraction of sp³-hybridized carbons (Fsp3) is 0.143. The summed E-state index contributed by atoms with van der Waals surface area (Å²) < 4.78 is 39.5. The molecule has 0 aliphatic carbocycles. The normalized spacial score (nSPS) is 13.1. The van der Waals surface area contributed by atoms with Gasteiger partial charge in [0.15, 0.2) is 0 Å². The van der Waals surface area contributed by atoms with Gasteiger partial charge in [-0.15, -0.1) is 0 Å². The number of hydrogen-bond donors (Lipinski definition) is 1. The van der Waals surface area contributed by atoms with E-state index < -0.39 is 12.2 Å². The molecule has 2 rings (SSSR count). The minimum absolute atomic E-state index is 0.121. The van der Waals surface area contributed by atoms with E-state index in [9.17, 15) is 13.2 Å². The van der Waals surface area contributed by atoms with Crippen molar-refractivity contribution in [3.63, 3.8) is 0 Å². The van der Waals surface area contributed by atoms with Crippen molar-refractivity contribution >= 4 is 28.9 Å². The highest BCUT2D eigenvalue weighted by Gasteiger charge is 2.40. The Morgan fingerprint density at radius 2 is 1.45 bits per heavy atom. The first-order chi connectivity index (χ1) is 9.36. The zero-order valence-corrected chi connectivity index (χ0v) is 11.6. The van der Waals surface area contributed by atoms with Gasteiger partial charge in [-0.2, -0.15) is 13.2 Å². The number of anilines is 1. The van der Waals surface area contributed by atoms with Crippen LogP contribution in [0.15, 0.2) is 48.5 Å².